The maximum atomic E-state index is 12.7. The zero-order chi connectivity index (χ0) is 19.5. The molecule has 0 fully saturated rings. The molecule has 0 aliphatic carbocycles. The van der Waals surface area contributed by atoms with Gasteiger partial charge in [-0.2, -0.15) is 0 Å². The number of anilines is 1. The highest BCUT2D eigenvalue weighted by atomic mass is 79.9. The molecule has 4 rings (SSSR count). The molecule has 0 bridgehead atoms. The van der Waals surface area contributed by atoms with Gasteiger partial charge >= 0.3 is 0 Å². The lowest BCUT2D eigenvalue weighted by atomic mass is 10.0. The van der Waals surface area contributed by atoms with E-state index in [1.807, 2.05) is 48.5 Å². The summed E-state index contributed by atoms with van der Waals surface area (Å²) in [7, 11) is 0. The molecule has 0 unspecified atom stereocenters. The van der Waals surface area contributed by atoms with E-state index in [4.69, 9.17) is 4.98 Å². The Labute approximate surface area is 176 Å². The highest BCUT2D eigenvalue weighted by molar-refractivity contribution is 9.10. The minimum Gasteiger partial charge on any atom is -0.302 e. The van der Waals surface area contributed by atoms with Crippen LogP contribution >= 0.6 is 27.3 Å². The van der Waals surface area contributed by atoms with Crippen molar-refractivity contribution in [2.45, 2.75) is 19.8 Å². The van der Waals surface area contributed by atoms with Gasteiger partial charge in [0.1, 0.15) is 0 Å². The van der Waals surface area contributed by atoms with Gasteiger partial charge in [-0.25, -0.2) is 4.98 Å². The number of nitrogens with one attached hydrogen (secondary N) is 1. The van der Waals surface area contributed by atoms with Crippen LogP contribution in [0.25, 0.3) is 22.0 Å². The van der Waals surface area contributed by atoms with E-state index in [-0.39, 0.29) is 5.91 Å². The number of nitrogens with zero attached hydrogens (tertiary/aromatic N) is 1. The first-order chi connectivity index (χ1) is 13.6. The van der Waals surface area contributed by atoms with Crippen LogP contribution < -0.4 is 5.32 Å². The predicted octanol–water partition coefficient (Wildman–Crippen LogP) is 6.47. The van der Waals surface area contributed by atoms with E-state index in [9.17, 15) is 4.79 Å². The number of hydrogen-bond acceptors (Lipinski definition) is 3. The van der Waals surface area contributed by atoms with Gasteiger partial charge in [-0.1, -0.05) is 77.5 Å². The number of benzene rings is 3. The Morgan fingerprint density at radius 2 is 1.79 bits per heavy atom. The van der Waals surface area contributed by atoms with E-state index in [1.165, 1.54) is 4.88 Å². The quantitative estimate of drug-likeness (QED) is 0.378. The van der Waals surface area contributed by atoms with Crippen molar-refractivity contribution in [1.29, 1.82) is 0 Å². The summed E-state index contributed by atoms with van der Waals surface area (Å²) in [6, 6.07) is 22.3. The second-order valence-corrected chi connectivity index (χ2v) is 8.51. The standard InChI is InChI=1S/C23H19BrN2OS/c1-2-20-22(16-10-12-18(24)13-11-16)26-23(28-20)25-21(27)14-17-8-5-7-15-6-3-4-9-19(15)17/h3-13H,2,14H2,1H3,(H,25,26,27). The van der Waals surface area contributed by atoms with Gasteiger partial charge in [-0.3, -0.25) is 4.79 Å². The molecule has 1 amide bonds. The first-order valence-electron chi connectivity index (χ1n) is 9.16. The lowest BCUT2D eigenvalue weighted by molar-refractivity contribution is -0.115. The van der Waals surface area contributed by atoms with Gasteiger partial charge < -0.3 is 5.32 Å². The number of carbonyl (C=O) groups excluding carboxylic acids is 1. The van der Waals surface area contributed by atoms with E-state index in [2.05, 4.69) is 46.4 Å². The molecule has 5 heteroatoms. The Morgan fingerprint density at radius 3 is 2.57 bits per heavy atom. The van der Waals surface area contributed by atoms with Crippen molar-refractivity contribution in [2.24, 2.45) is 0 Å². The number of hydrogen-bond donors (Lipinski definition) is 1. The third-order valence-electron chi connectivity index (χ3n) is 4.61. The molecule has 140 valence electrons. The topological polar surface area (TPSA) is 42.0 Å². The summed E-state index contributed by atoms with van der Waals surface area (Å²) < 4.78 is 1.04. The van der Waals surface area contributed by atoms with E-state index in [0.717, 1.165) is 38.5 Å². The smallest absolute Gasteiger partial charge is 0.230 e. The molecule has 0 atom stereocenters. The summed E-state index contributed by atoms with van der Waals surface area (Å²) in [4.78, 5) is 18.5. The summed E-state index contributed by atoms with van der Waals surface area (Å²) in [5.41, 5.74) is 3.03. The van der Waals surface area contributed by atoms with Crippen LogP contribution in [-0.2, 0) is 17.6 Å². The maximum absolute atomic E-state index is 12.7. The fourth-order valence-electron chi connectivity index (χ4n) is 3.26. The zero-order valence-electron chi connectivity index (χ0n) is 15.4. The zero-order valence-corrected chi connectivity index (χ0v) is 17.8. The molecule has 3 nitrogen and oxygen atoms in total. The molecule has 0 saturated carbocycles. The van der Waals surface area contributed by atoms with Crippen molar-refractivity contribution >= 4 is 49.1 Å². The summed E-state index contributed by atoms with van der Waals surface area (Å²) >= 11 is 5.01. The number of fused-ring (bicyclic) bond motifs is 1. The van der Waals surface area contributed by atoms with Gasteiger partial charge in [0.25, 0.3) is 0 Å². The number of aryl methyl sites for hydroxylation is 1. The fraction of sp³-hybridized carbons (Fsp3) is 0.130. The lowest BCUT2D eigenvalue weighted by Gasteiger charge is -2.06. The van der Waals surface area contributed by atoms with Gasteiger partial charge in [-0.15, -0.1) is 11.3 Å². The normalized spacial score (nSPS) is 10.9. The molecule has 0 aliphatic heterocycles. The average Bonchev–Trinajstić information content (AvgIpc) is 3.11. The van der Waals surface area contributed by atoms with Gasteiger partial charge in [0.05, 0.1) is 12.1 Å². The minimum absolute atomic E-state index is 0.0462. The molecule has 4 aromatic rings. The Bertz CT molecular complexity index is 1130. The fourth-order valence-corrected chi connectivity index (χ4v) is 4.47. The third-order valence-corrected chi connectivity index (χ3v) is 6.26. The van der Waals surface area contributed by atoms with E-state index >= 15 is 0 Å². The van der Waals surface area contributed by atoms with Gasteiger partial charge in [0, 0.05) is 14.9 Å². The SMILES string of the molecule is CCc1sc(NC(=O)Cc2cccc3ccccc23)nc1-c1ccc(Br)cc1. The van der Waals surface area contributed by atoms with Crippen LogP contribution in [0.1, 0.15) is 17.4 Å². The first kappa shape index (κ1) is 18.8. The number of rotatable bonds is 5. The highest BCUT2D eigenvalue weighted by Gasteiger charge is 2.14. The molecule has 28 heavy (non-hydrogen) atoms. The number of carbonyl (C=O) groups is 1. The molecule has 0 radical (unpaired) electrons. The first-order valence-corrected chi connectivity index (χ1v) is 10.8. The summed E-state index contributed by atoms with van der Waals surface area (Å²) in [6.07, 6.45) is 1.21. The second kappa shape index (κ2) is 8.25. The Kier molecular flexibility index (Phi) is 5.55. The highest BCUT2D eigenvalue weighted by Crippen LogP contribution is 2.32. The van der Waals surface area contributed by atoms with Crippen LogP contribution in [0.2, 0.25) is 0 Å². The Balaban J connectivity index is 1.55. The Morgan fingerprint density at radius 1 is 1.04 bits per heavy atom. The van der Waals surface area contributed by atoms with E-state index < -0.39 is 0 Å². The number of amides is 1. The Hall–Kier alpha value is -2.50. The number of thiazole rings is 1. The molecule has 1 N–H and O–H groups in total. The number of halogens is 1. The predicted molar refractivity (Wildman–Crippen MR) is 121 cm³/mol. The van der Waals surface area contributed by atoms with Crippen LogP contribution in [0.3, 0.4) is 0 Å². The number of aromatic nitrogens is 1. The van der Waals surface area contributed by atoms with Crippen molar-refractivity contribution in [3.63, 3.8) is 0 Å². The van der Waals surface area contributed by atoms with Crippen molar-refractivity contribution in [3.05, 3.63) is 81.6 Å². The van der Waals surface area contributed by atoms with Crippen LogP contribution in [0.4, 0.5) is 5.13 Å². The minimum atomic E-state index is -0.0462. The summed E-state index contributed by atoms with van der Waals surface area (Å²) in [6.45, 7) is 2.11. The summed E-state index contributed by atoms with van der Waals surface area (Å²) in [5, 5.41) is 5.90. The molecule has 1 heterocycles. The van der Waals surface area contributed by atoms with Crippen molar-refractivity contribution in [3.8, 4) is 11.3 Å². The lowest BCUT2D eigenvalue weighted by Crippen LogP contribution is -2.14. The maximum Gasteiger partial charge on any atom is 0.230 e. The van der Waals surface area contributed by atoms with Crippen molar-refractivity contribution < 1.29 is 4.79 Å². The second-order valence-electron chi connectivity index (χ2n) is 6.51. The molecule has 0 spiro atoms. The van der Waals surface area contributed by atoms with Crippen LogP contribution in [0.5, 0.6) is 0 Å². The van der Waals surface area contributed by atoms with Gasteiger partial charge in [0.15, 0.2) is 5.13 Å². The van der Waals surface area contributed by atoms with E-state index in [0.29, 0.717) is 11.6 Å². The largest absolute Gasteiger partial charge is 0.302 e. The van der Waals surface area contributed by atoms with Crippen molar-refractivity contribution in [1.82, 2.24) is 4.98 Å². The monoisotopic (exact) mass is 450 g/mol. The van der Waals surface area contributed by atoms with Crippen molar-refractivity contribution in [2.75, 3.05) is 5.32 Å². The van der Waals surface area contributed by atoms with Crippen LogP contribution in [-0.4, -0.2) is 10.9 Å². The molecular formula is C23H19BrN2OS. The molecule has 0 aliphatic rings. The molecule has 3 aromatic carbocycles. The van der Waals surface area contributed by atoms with Gasteiger partial charge in [-0.05, 0) is 34.9 Å². The van der Waals surface area contributed by atoms with E-state index in [1.54, 1.807) is 11.3 Å². The molecule has 1 aromatic heterocycles. The van der Waals surface area contributed by atoms with Crippen LogP contribution in [0, 0.1) is 0 Å². The molecule has 0 saturated heterocycles. The van der Waals surface area contributed by atoms with Gasteiger partial charge in [0.2, 0.25) is 5.91 Å². The average molecular weight is 451 g/mol. The molecular weight excluding hydrogens is 432 g/mol. The third kappa shape index (κ3) is 4.01. The summed E-state index contributed by atoms with van der Waals surface area (Å²) in [5.74, 6) is -0.0462. The van der Waals surface area contributed by atoms with Crippen LogP contribution in [0.15, 0.2) is 71.2 Å².